The molecule has 1 aliphatic rings. The molecule has 1 aromatic heterocycles. The van der Waals surface area contributed by atoms with E-state index in [9.17, 15) is 9.59 Å². The lowest BCUT2D eigenvalue weighted by Gasteiger charge is -2.33. The summed E-state index contributed by atoms with van der Waals surface area (Å²) in [5, 5.41) is 8.64. The molecular formula is C14H16N2O3S. The van der Waals surface area contributed by atoms with Crippen LogP contribution in [0.25, 0.3) is 0 Å². The van der Waals surface area contributed by atoms with Crippen molar-refractivity contribution < 1.29 is 14.7 Å². The molecule has 1 N–H and O–H groups in total. The highest BCUT2D eigenvalue weighted by molar-refractivity contribution is 7.14. The molecule has 20 heavy (non-hydrogen) atoms. The summed E-state index contributed by atoms with van der Waals surface area (Å²) in [6, 6.07) is 3.54. The molecule has 6 heteroatoms. The summed E-state index contributed by atoms with van der Waals surface area (Å²) < 4.78 is 0. The molecule has 0 radical (unpaired) electrons. The average molecular weight is 292 g/mol. The second-order valence-corrected chi connectivity index (χ2v) is 5.51. The smallest absolute Gasteiger partial charge is 0.264 e. The van der Waals surface area contributed by atoms with Gasteiger partial charge in [0.15, 0.2) is 0 Å². The molecule has 1 fully saturated rings. The third-order valence-electron chi connectivity index (χ3n) is 3.12. The van der Waals surface area contributed by atoms with Crippen molar-refractivity contribution in [2.45, 2.75) is 6.92 Å². The first-order valence-corrected chi connectivity index (χ1v) is 7.18. The van der Waals surface area contributed by atoms with Gasteiger partial charge in [0.25, 0.3) is 5.91 Å². The Bertz CT molecular complexity index is 562. The Labute approximate surface area is 121 Å². The number of piperazine rings is 1. The first-order chi connectivity index (χ1) is 9.61. The van der Waals surface area contributed by atoms with E-state index >= 15 is 0 Å². The zero-order chi connectivity index (χ0) is 14.5. The predicted octanol–water partition coefficient (Wildman–Crippen LogP) is 0.396. The van der Waals surface area contributed by atoms with E-state index in [1.807, 2.05) is 0 Å². The molecular weight excluding hydrogens is 276 g/mol. The van der Waals surface area contributed by atoms with Gasteiger partial charge >= 0.3 is 0 Å². The van der Waals surface area contributed by atoms with Crippen LogP contribution in [0, 0.1) is 11.8 Å². The van der Waals surface area contributed by atoms with E-state index in [0.29, 0.717) is 31.1 Å². The number of amides is 2. The Morgan fingerprint density at radius 3 is 2.50 bits per heavy atom. The van der Waals surface area contributed by atoms with Crippen LogP contribution in [0.4, 0.5) is 0 Å². The van der Waals surface area contributed by atoms with Crippen LogP contribution in [0.15, 0.2) is 12.1 Å². The van der Waals surface area contributed by atoms with Crippen molar-refractivity contribution in [2.75, 3.05) is 32.8 Å². The molecule has 0 bridgehead atoms. The fourth-order valence-corrected chi connectivity index (χ4v) is 2.88. The van der Waals surface area contributed by atoms with Gasteiger partial charge in [-0.25, -0.2) is 0 Å². The maximum Gasteiger partial charge on any atom is 0.264 e. The van der Waals surface area contributed by atoms with E-state index in [0.717, 1.165) is 4.88 Å². The van der Waals surface area contributed by atoms with E-state index in [-0.39, 0.29) is 18.4 Å². The Kier molecular flexibility index (Phi) is 4.77. The van der Waals surface area contributed by atoms with Crippen LogP contribution in [0.1, 0.15) is 21.5 Å². The lowest BCUT2D eigenvalue weighted by molar-refractivity contribution is -0.130. The summed E-state index contributed by atoms with van der Waals surface area (Å²) in [5.41, 5.74) is 0. The maximum absolute atomic E-state index is 12.3. The first-order valence-electron chi connectivity index (χ1n) is 6.36. The normalized spacial score (nSPS) is 14.7. The van der Waals surface area contributed by atoms with Crippen LogP contribution in [0.2, 0.25) is 0 Å². The largest absolute Gasteiger partial charge is 0.384 e. The van der Waals surface area contributed by atoms with Crippen LogP contribution in [0.5, 0.6) is 0 Å². The van der Waals surface area contributed by atoms with Crippen LogP contribution in [0.3, 0.4) is 0 Å². The number of nitrogens with zero attached hydrogens (tertiary/aromatic N) is 2. The zero-order valence-electron chi connectivity index (χ0n) is 11.3. The number of carbonyl (C=O) groups is 2. The zero-order valence-corrected chi connectivity index (χ0v) is 12.1. The number of aliphatic hydroxyl groups excluding tert-OH is 1. The molecule has 2 rings (SSSR count). The van der Waals surface area contributed by atoms with Gasteiger partial charge in [0, 0.05) is 33.1 Å². The van der Waals surface area contributed by atoms with E-state index in [1.165, 1.54) is 11.3 Å². The van der Waals surface area contributed by atoms with Crippen LogP contribution >= 0.6 is 11.3 Å². The van der Waals surface area contributed by atoms with Gasteiger partial charge in [-0.2, -0.15) is 0 Å². The highest BCUT2D eigenvalue weighted by Crippen LogP contribution is 2.18. The Balaban J connectivity index is 1.98. The number of aliphatic hydroxyl groups is 1. The molecule has 1 saturated heterocycles. The third-order valence-corrected chi connectivity index (χ3v) is 4.11. The lowest BCUT2D eigenvalue weighted by atomic mass is 10.3. The summed E-state index contributed by atoms with van der Waals surface area (Å²) >= 11 is 1.33. The van der Waals surface area contributed by atoms with Crippen LogP contribution in [-0.2, 0) is 4.79 Å². The standard InChI is InChI=1S/C14H16N2O3S/c1-11(18)15-6-8-16(9-7-15)14(19)13-5-4-12(20-13)3-2-10-17/h4-5,17H,6-10H2,1H3. The summed E-state index contributed by atoms with van der Waals surface area (Å²) in [5.74, 6) is 5.38. The second-order valence-electron chi connectivity index (χ2n) is 4.42. The van der Waals surface area contributed by atoms with E-state index in [2.05, 4.69) is 11.8 Å². The number of thiophene rings is 1. The van der Waals surface area contributed by atoms with Crippen molar-refractivity contribution in [1.82, 2.24) is 9.80 Å². The van der Waals surface area contributed by atoms with E-state index < -0.39 is 0 Å². The number of rotatable bonds is 1. The van der Waals surface area contributed by atoms with Gasteiger partial charge in [-0.15, -0.1) is 11.3 Å². The summed E-state index contributed by atoms with van der Waals surface area (Å²) in [4.78, 5) is 28.5. The van der Waals surface area contributed by atoms with Crippen LogP contribution in [-0.4, -0.2) is 59.5 Å². The minimum Gasteiger partial charge on any atom is -0.384 e. The van der Waals surface area contributed by atoms with Crippen molar-refractivity contribution in [3.8, 4) is 11.8 Å². The summed E-state index contributed by atoms with van der Waals surface area (Å²) in [6.07, 6.45) is 0. The van der Waals surface area contributed by atoms with Gasteiger partial charge < -0.3 is 14.9 Å². The fraction of sp³-hybridized carbons (Fsp3) is 0.429. The van der Waals surface area contributed by atoms with Gasteiger partial charge in [-0.05, 0) is 12.1 Å². The number of hydrogen-bond donors (Lipinski definition) is 1. The SMILES string of the molecule is CC(=O)N1CCN(C(=O)c2ccc(C#CCO)s2)CC1. The summed E-state index contributed by atoms with van der Waals surface area (Å²) in [6.45, 7) is 3.66. The summed E-state index contributed by atoms with van der Waals surface area (Å²) in [7, 11) is 0. The predicted molar refractivity (Wildman–Crippen MR) is 76.4 cm³/mol. The molecule has 106 valence electrons. The molecule has 1 aliphatic heterocycles. The Hall–Kier alpha value is -1.84. The molecule has 0 aromatic carbocycles. The van der Waals surface area contributed by atoms with Crippen molar-refractivity contribution in [1.29, 1.82) is 0 Å². The van der Waals surface area contributed by atoms with Crippen molar-refractivity contribution in [3.05, 3.63) is 21.9 Å². The maximum atomic E-state index is 12.3. The molecule has 0 unspecified atom stereocenters. The highest BCUT2D eigenvalue weighted by atomic mass is 32.1. The van der Waals surface area contributed by atoms with Crippen molar-refractivity contribution >= 4 is 23.2 Å². The second kappa shape index (κ2) is 6.55. The van der Waals surface area contributed by atoms with Gasteiger partial charge in [-0.1, -0.05) is 11.8 Å². The highest BCUT2D eigenvalue weighted by Gasteiger charge is 2.23. The Morgan fingerprint density at radius 2 is 1.90 bits per heavy atom. The van der Waals surface area contributed by atoms with Crippen molar-refractivity contribution in [3.63, 3.8) is 0 Å². The fourth-order valence-electron chi connectivity index (χ4n) is 2.03. The molecule has 0 aliphatic carbocycles. The van der Waals surface area contributed by atoms with E-state index in [4.69, 9.17) is 5.11 Å². The minimum atomic E-state index is -0.186. The van der Waals surface area contributed by atoms with Gasteiger partial charge in [-0.3, -0.25) is 9.59 Å². The first kappa shape index (κ1) is 14.6. The van der Waals surface area contributed by atoms with Gasteiger partial charge in [0.2, 0.25) is 5.91 Å². The lowest BCUT2D eigenvalue weighted by Crippen LogP contribution is -2.49. The average Bonchev–Trinajstić information content (AvgIpc) is 2.93. The Morgan fingerprint density at radius 1 is 1.25 bits per heavy atom. The molecule has 2 amide bonds. The molecule has 2 heterocycles. The monoisotopic (exact) mass is 292 g/mol. The molecule has 0 atom stereocenters. The number of hydrogen-bond acceptors (Lipinski definition) is 4. The van der Waals surface area contributed by atoms with Gasteiger partial charge in [0.1, 0.15) is 6.61 Å². The van der Waals surface area contributed by atoms with E-state index in [1.54, 1.807) is 28.9 Å². The number of carbonyl (C=O) groups excluding carboxylic acids is 2. The minimum absolute atomic E-state index is 0.0183. The third kappa shape index (κ3) is 3.38. The topological polar surface area (TPSA) is 60.9 Å². The van der Waals surface area contributed by atoms with Gasteiger partial charge in [0.05, 0.1) is 9.75 Å². The molecule has 0 spiro atoms. The molecule has 5 nitrogen and oxygen atoms in total. The van der Waals surface area contributed by atoms with Crippen molar-refractivity contribution in [2.24, 2.45) is 0 Å². The quantitative estimate of drug-likeness (QED) is 0.762. The molecule has 0 saturated carbocycles. The molecule has 1 aromatic rings. The van der Waals surface area contributed by atoms with Crippen LogP contribution < -0.4 is 0 Å².